The summed E-state index contributed by atoms with van der Waals surface area (Å²) in [5.74, 6) is -3.82. The second-order valence-corrected chi connectivity index (χ2v) is 8.32. The summed E-state index contributed by atoms with van der Waals surface area (Å²) in [7, 11) is 0. The van der Waals surface area contributed by atoms with Crippen molar-refractivity contribution in [1.29, 1.82) is 0 Å². The number of fused-ring (bicyclic) bond motifs is 3. The molecule has 1 aliphatic heterocycles. The molecule has 4 aliphatic rings. The van der Waals surface area contributed by atoms with Gasteiger partial charge in [-0.05, 0) is 25.5 Å². The number of aromatic hydroxyl groups is 2. The van der Waals surface area contributed by atoms with Crippen LogP contribution in [0.5, 0.6) is 11.5 Å². The van der Waals surface area contributed by atoms with Crippen LogP contribution in [-0.2, 0) is 4.74 Å². The quantitative estimate of drug-likeness (QED) is 0.661. The predicted octanol–water partition coefficient (Wildman–Crippen LogP) is 2.09. The minimum atomic E-state index is -1.83. The van der Waals surface area contributed by atoms with E-state index in [1.165, 1.54) is 43.3 Å². The third kappa shape index (κ3) is 1.39. The first-order valence-corrected chi connectivity index (χ1v) is 9.25. The van der Waals surface area contributed by atoms with Gasteiger partial charge in [0.2, 0.25) is 5.78 Å². The Morgan fingerprint density at radius 2 is 1.45 bits per heavy atom. The van der Waals surface area contributed by atoms with E-state index in [1.54, 1.807) is 0 Å². The molecule has 0 radical (unpaired) electrons. The van der Waals surface area contributed by atoms with Crippen LogP contribution < -0.4 is 0 Å². The van der Waals surface area contributed by atoms with Gasteiger partial charge in [0.1, 0.15) is 11.5 Å². The minimum Gasteiger partial charge on any atom is -0.507 e. The van der Waals surface area contributed by atoms with Crippen LogP contribution in [0.3, 0.4) is 0 Å². The lowest BCUT2D eigenvalue weighted by Gasteiger charge is -2.39. The largest absolute Gasteiger partial charge is 0.507 e. The van der Waals surface area contributed by atoms with Gasteiger partial charge in [-0.1, -0.05) is 24.3 Å². The number of rotatable bonds is 0. The number of phenols is 2. The molecule has 144 valence electrons. The van der Waals surface area contributed by atoms with Crippen molar-refractivity contribution in [2.24, 2.45) is 11.3 Å². The Morgan fingerprint density at radius 3 is 2.10 bits per heavy atom. The van der Waals surface area contributed by atoms with Gasteiger partial charge < -0.3 is 14.9 Å². The fourth-order valence-electron chi connectivity index (χ4n) is 5.92. The SMILES string of the molecule is C[C@@]12C(=O)c3cccc(O)c3C(=O)[C@@H]1C[C@]13O[C@@]12C(=O)c1c(O)cccc1C3=O. The fourth-order valence-corrected chi connectivity index (χ4v) is 5.92. The zero-order chi connectivity index (χ0) is 20.5. The van der Waals surface area contributed by atoms with Crippen molar-refractivity contribution in [3.63, 3.8) is 0 Å². The third-order valence-corrected chi connectivity index (χ3v) is 7.30. The van der Waals surface area contributed by atoms with Crippen molar-refractivity contribution < 1.29 is 34.1 Å². The van der Waals surface area contributed by atoms with Crippen molar-refractivity contribution in [1.82, 2.24) is 0 Å². The summed E-state index contributed by atoms with van der Waals surface area (Å²) in [6.07, 6.45) is -0.123. The highest BCUT2D eigenvalue weighted by Crippen LogP contribution is 2.76. The Labute approximate surface area is 163 Å². The molecule has 1 heterocycles. The Morgan fingerprint density at radius 1 is 0.862 bits per heavy atom. The number of Topliss-reactive ketones (excluding diaryl/α,β-unsaturated/α-hetero) is 4. The molecule has 2 N–H and O–H groups in total. The average Bonchev–Trinajstić information content (AvgIpc) is 3.34. The van der Waals surface area contributed by atoms with Crippen molar-refractivity contribution in [2.75, 3.05) is 0 Å². The number of benzene rings is 2. The normalized spacial score (nSPS) is 36.1. The Bertz CT molecular complexity index is 1240. The number of hydrogen-bond acceptors (Lipinski definition) is 7. The van der Waals surface area contributed by atoms with Crippen LogP contribution in [-0.4, -0.2) is 44.5 Å². The smallest absolute Gasteiger partial charge is 0.203 e. The number of epoxide rings is 1. The molecule has 29 heavy (non-hydrogen) atoms. The highest BCUT2D eigenvalue weighted by atomic mass is 16.6. The first-order valence-electron chi connectivity index (χ1n) is 9.25. The Kier molecular flexibility index (Phi) is 2.56. The van der Waals surface area contributed by atoms with Crippen molar-refractivity contribution in [3.05, 3.63) is 58.7 Å². The van der Waals surface area contributed by atoms with E-state index >= 15 is 0 Å². The molecule has 1 saturated heterocycles. The lowest BCUT2D eigenvalue weighted by Crippen LogP contribution is -2.56. The fraction of sp³-hybridized carbons (Fsp3) is 0.273. The minimum absolute atomic E-state index is 0.0118. The molecule has 2 fully saturated rings. The number of ketones is 4. The van der Waals surface area contributed by atoms with E-state index in [2.05, 4.69) is 0 Å². The van der Waals surface area contributed by atoms with Gasteiger partial charge in [-0.15, -0.1) is 0 Å². The van der Waals surface area contributed by atoms with Crippen LogP contribution in [0.4, 0.5) is 0 Å². The summed E-state index contributed by atoms with van der Waals surface area (Å²) < 4.78 is 5.84. The average molecular weight is 390 g/mol. The zero-order valence-corrected chi connectivity index (χ0v) is 15.2. The van der Waals surface area contributed by atoms with Crippen LogP contribution >= 0.6 is 0 Å². The second-order valence-electron chi connectivity index (χ2n) is 8.32. The lowest BCUT2D eigenvalue weighted by atomic mass is 9.58. The zero-order valence-electron chi connectivity index (χ0n) is 15.2. The maximum atomic E-state index is 13.6. The molecular weight excluding hydrogens is 376 g/mol. The number of carbonyl (C=O) groups excluding carboxylic acids is 4. The highest BCUT2D eigenvalue weighted by Gasteiger charge is 2.94. The van der Waals surface area contributed by atoms with E-state index in [0.29, 0.717) is 0 Å². The summed E-state index contributed by atoms with van der Waals surface area (Å²) in [6, 6.07) is 8.39. The molecule has 4 atom stereocenters. The summed E-state index contributed by atoms with van der Waals surface area (Å²) in [6.45, 7) is 1.48. The van der Waals surface area contributed by atoms with Gasteiger partial charge in [-0.2, -0.15) is 0 Å². The molecule has 0 amide bonds. The van der Waals surface area contributed by atoms with Gasteiger partial charge >= 0.3 is 0 Å². The Hall–Kier alpha value is -3.32. The monoisotopic (exact) mass is 390 g/mol. The standard InChI is InChI=1S/C22H14O7/c1-20-11(16(25)14-9(17(20)26)4-2-6-12(14)23)8-21-18(27)10-5-3-7-13(24)15(10)19(28)22(20,21)29-21/h2-7,11,23-24H,8H2,1H3/t11-,20-,21+,22+/m0/s1. The van der Waals surface area contributed by atoms with Gasteiger partial charge in [0.25, 0.3) is 0 Å². The number of carbonyl (C=O) groups is 4. The molecule has 7 nitrogen and oxygen atoms in total. The van der Waals surface area contributed by atoms with E-state index < -0.39 is 45.7 Å². The third-order valence-electron chi connectivity index (χ3n) is 7.30. The van der Waals surface area contributed by atoms with E-state index in [1.807, 2.05) is 0 Å². The molecule has 0 aromatic heterocycles. The van der Waals surface area contributed by atoms with Crippen LogP contribution in [0.1, 0.15) is 54.8 Å². The van der Waals surface area contributed by atoms with E-state index in [9.17, 15) is 29.4 Å². The molecule has 7 heteroatoms. The number of ether oxygens (including phenoxy) is 1. The van der Waals surface area contributed by atoms with Crippen LogP contribution in [0, 0.1) is 11.3 Å². The molecule has 0 unspecified atom stereocenters. The molecule has 3 aliphatic carbocycles. The molecule has 6 rings (SSSR count). The van der Waals surface area contributed by atoms with Crippen LogP contribution in [0.25, 0.3) is 0 Å². The first-order chi connectivity index (χ1) is 13.7. The van der Waals surface area contributed by atoms with E-state index in [-0.39, 0.29) is 40.2 Å². The van der Waals surface area contributed by atoms with E-state index in [0.717, 1.165) is 0 Å². The maximum Gasteiger partial charge on any atom is 0.203 e. The molecule has 0 spiro atoms. The lowest BCUT2D eigenvalue weighted by molar-refractivity contribution is 0.0267. The van der Waals surface area contributed by atoms with Gasteiger partial charge in [-0.25, -0.2) is 0 Å². The van der Waals surface area contributed by atoms with Gasteiger partial charge in [0, 0.05) is 17.0 Å². The summed E-state index contributed by atoms with van der Waals surface area (Å²) >= 11 is 0. The first kappa shape index (κ1) is 16.6. The summed E-state index contributed by atoms with van der Waals surface area (Å²) in [5, 5.41) is 20.5. The Balaban J connectivity index is 1.66. The number of phenolic OH excluding ortho intramolecular Hbond substituents is 2. The topological polar surface area (TPSA) is 121 Å². The van der Waals surface area contributed by atoms with Gasteiger partial charge in [0.05, 0.1) is 16.5 Å². The van der Waals surface area contributed by atoms with Crippen LogP contribution in [0.2, 0.25) is 0 Å². The maximum absolute atomic E-state index is 13.6. The molecule has 2 aromatic carbocycles. The van der Waals surface area contributed by atoms with Crippen molar-refractivity contribution >= 4 is 23.1 Å². The van der Waals surface area contributed by atoms with Gasteiger partial charge in [0.15, 0.2) is 28.6 Å². The number of hydrogen-bond donors (Lipinski definition) is 2. The molecule has 2 aromatic rings. The second kappa shape index (κ2) is 4.46. The molecule has 0 bridgehead atoms. The highest BCUT2D eigenvalue weighted by molar-refractivity contribution is 6.32. The van der Waals surface area contributed by atoms with Gasteiger partial charge in [-0.3, -0.25) is 19.2 Å². The summed E-state index contributed by atoms with van der Waals surface area (Å²) in [4.78, 5) is 53.8. The predicted molar refractivity (Wildman–Crippen MR) is 96.3 cm³/mol. The molecular formula is C22H14O7. The van der Waals surface area contributed by atoms with E-state index in [4.69, 9.17) is 4.74 Å². The van der Waals surface area contributed by atoms with Crippen molar-refractivity contribution in [2.45, 2.75) is 24.5 Å². The van der Waals surface area contributed by atoms with Crippen LogP contribution in [0.15, 0.2) is 36.4 Å². The van der Waals surface area contributed by atoms with Crippen molar-refractivity contribution in [3.8, 4) is 11.5 Å². The molecule has 1 saturated carbocycles. The summed E-state index contributed by atoms with van der Waals surface area (Å²) in [5.41, 5.74) is -5.25.